The first kappa shape index (κ1) is 16.8. The Morgan fingerprint density at radius 2 is 1.95 bits per heavy atom. The molecular weight excluding hydrogens is 282 g/mol. The number of Topliss-reactive ketones (excluding diaryl/α,β-unsaturated/α-hetero) is 1. The molecule has 0 bridgehead atoms. The number of hydrogen-bond donors (Lipinski definition) is 2. The highest BCUT2D eigenvalue weighted by molar-refractivity contribution is 6.36. The number of likely N-dealkylation sites (tertiary alicyclic amines) is 1. The van der Waals surface area contributed by atoms with Gasteiger partial charge in [0.2, 0.25) is 5.54 Å². The fraction of sp³-hybridized carbons (Fsp3) is 0.667. The summed E-state index contributed by atoms with van der Waals surface area (Å²) >= 11 is 0. The highest BCUT2D eigenvalue weighted by Gasteiger charge is 2.64. The molecule has 2 unspecified atom stereocenters. The Morgan fingerprint density at radius 1 is 1.38 bits per heavy atom. The molecule has 9 heteroatoms. The Hall–Kier alpha value is -2.25. The van der Waals surface area contributed by atoms with E-state index in [0.29, 0.717) is 11.1 Å². The highest BCUT2D eigenvalue weighted by atomic mass is 16.5. The molecule has 0 radical (unpaired) electrons. The van der Waals surface area contributed by atoms with E-state index < -0.39 is 35.1 Å². The zero-order valence-electron chi connectivity index (χ0n) is 11.9. The quantitative estimate of drug-likeness (QED) is 0.330. The Bertz CT molecular complexity index is 520. The van der Waals surface area contributed by atoms with Gasteiger partial charge in [-0.05, 0) is 27.2 Å². The van der Waals surface area contributed by atoms with Crippen molar-refractivity contribution in [3.63, 3.8) is 0 Å². The third kappa shape index (κ3) is 2.93. The van der Waals surface area contributed by atoms with Crippen LogP contribution in [0.5, 0.6) is 0 Å². The van der Waals surface area contributed by atoms with Crippen LogP contribution in [0.25, 0.3) is 5.53 Å². The van der Waals surface area contributed by atoms with Gasteiger partial charge >= 0.3 is 18.3 Å². The second kappa shape index (κ2) is 5.63. The minimum Gasteiger partial charge on any atom is -0.479 e. The van der Waals surface area contributed by atoms with Gasteiger partial charge in [-0.3, -0.25) is 9.69 Å². The molecule has 1 saturated heterocycles. The van der Waals surface area contributed by atoms with Gasteiger partial charge < -0.3 is 20.5 Å². The van der Waals surface area contributed by atoms with Gasteiger partial charge in [0.15, 0.2) is 0 Å². The number of ether oxygens (including phenoxy) is 1. The van der Waals surface area contributed by atoms with Crippen molar-refractivity contribution in [2.45, 2.75) is 44.4 Å². The molecular formula is C12H17N3O6. The van der Waals surface area contributed by atoms with Crippen molar-refractivity contribution in [1.29, 1.82) is 0 Å². The second-order valence-electron chi connectivity index (χ2n) is 5.62. The standard InChI is InChI=1S/C12H17N3O6/c1-11(2,3)21-8-4-5-15(10(19)20)12(8,9(17)18)7(16)6-14-13/h6,8H,4-5H2,1-3H3,(H,17,18)(H,19,20). The molecule has 1 aliphatic rings. The van der Waals surface area contributed by atoms with Crippen LogP contribution in [0.2, 0.25) is 0 Å². The van der Waals surface area contributed by atoms with Gasteiger partial charge in [-0.15, -0.1) is 0 Å². The maximum atomic E-state index is 12.1. The van der Waals surface area contributed by atoms with Gasteiger partial charge in [0.1, 0.15) is 6.10 Å². The molecule has 0 aliphatic carbocycles. The first-order chi connectivity index (χ1) is 9.57. The van der Waals surface area contributed by atoms with E-state index in [4.69, 9.17) is 10.3 Å². The van der Waals surface area contributed by atoms with Crippen LogP contribution < -0.4 is 0 Å². The second-order valence-corrected chi connectivity index (χ2v) is 5.62. The van der Waals surface area contributed by atoms with Crippen molar-refractivity contribution in [3.05, 3.63) is 5.53 Å². The zero-order valence-corrected chi connectivity index (χ0v) is 11.9. The molecule has 9 nitrogen and oxygen atoms in total. The van der Waals surface area contributed by atoms with Crippen LogP contribution in [0.3, 0.4) is 0 Å². The number of nitrogens with zero attached hydrogens (tertiary/aromatic N) is 3. The van der Waals surface area contributed by atoms with Crippen LogP contribution in [-0.2, 0) is 14.3 Å². The summed E-state index contributed by atoms with van der Waals surface area (Å²) in [5.74, 6) is -2.83. The summed E-state index contributed by atoms with van der Waals surface area (Å²) in [5.41, 5.74) is 5.25. The molecule has 21 heavy (non-hydrogen) atoms. The lowest BCUT2D eigenvalue weighted by molar-refractivity contribution is -0.167. The Kier molecular flexibility index (Phi) is 4.50. The Morgan fingerprint density at radius 3 is 2.33 bits per heavy atom. The van der Waals surface area contributed by atoms with E-state index in [0.717, 1.165) is 0 Å². The molecule has 0 saturated carbocycles. The van der Waals surface area contributed by atoms with Crippen LogP contribution in [0.1, 0.15) is 27.2 Å². The van der Waals surface area contributed by atoms with Crippen molar-refractivity contribution in [2.75, 3.05) is 6.54 Å². The van der Waals surface area contributed by atoms with Crippen LogP contribution in [0.15, 0.2) is 0 Å². The van der Waals surface area contributed by atoms with E-state index in [9.17, 15) is 24.6 Å². The minimum absolute atomic E-state index is 0.0425. The molecule has 0 aromatic rings. The Labute approximate surface area is 120 Å². The summed E-state index contributed by atoms with van der Waals surface area (Å²) in [6.45, 7) is 4.81. The molecule has 1 heterocycles. The van der Waals surface area contributed by atoms with Gasteiger partial charge in [-0.2, -0.15) is 4.79 Å². The molecule has 116 valence electrons. The minimum atomic E-state index is -2.45. The average molecular weight is 299 g/mol. The number of hydrogen-bond acceptors (Lipinski definition) is 4. The molecule has 1 rings (SSSR count). The first-order valence-corrected chi connectivity index (χ1v) is 6.21. The summed E-state index contributed by atoms with van der Waals surface area (Å²) in [7, 11) is 0. The number of carbonyl (C=O) groups excluding carboxylic acids is 1. The number of rotatable bonds is 4. The predicted molar refractivity (Wildman–Crippen MR) is 69.0 cm³/mol. The topological polar surface area (TPSA) is 141 Å². The van der Waals surface area contributed by atoms with Gasteiger partial charge in [0, 0.05) is 6.54 Å². The molecule has 2 atom stereocenters. The van der Waals surface area contributed by atoms with Gasteiger partial charge in [-0.25, -0.2) is 9.59 Å². The average Bonchev–Trinajstić information content (AvgIpc) is 2.67. The van der Waals surface area contributed by atoms with Crippen molar-refractivity contribution in [2.24, 2.45) is 0 Å². The fourth-order valence-corrected chi connectivity index (χ4v) is 2.42. The van der Waals surface area contributed by atoms with Crippen LogP contribution in [-0.4, -0.2) is 67.8 Å². The van der Waals surface area contributed by atoms with Crippen molar-refractivity contribution in [1.82, 2.24) is 4.90 Å². The number of carbonyl (C=O) groups is 3. The monoisotopic (exact) mass is 299 g/mol. The van der Waals surface area contributed by atoms with E-state index in [-0.39, 0.29) is 13.0 Å². The summed E-state index contributed by atoms with van der Waals surface area (Å²) < 4.78 is 5.57. The van der Waals surface area contributed by atoms with Crippen molar-refractivity contribution >= 4 is 24.1 Å². The number of amides is 1. The summed E-state index contributed by atoms with van der Waals surface area (Å²) in [6.07, 6.45) is -2.32. The first-order valence-electron chi connectivity index (χ1n) is 6.21. The number of ketones is 1. The van der Waals surface area contributed by atoms with E-state index in [1.165, 1.54) is 0 Å². The van der Waals surface area contributed by atoms with Crippen LogP contribution >= 0.6 is 0 Å². The lowest BCUT2D eigenvalue weighted by Gasteiger charge is -2.36. The van der Waals surface area contributed by atoms with E-state index in [2.05, 4.69) is 4.79 Å². The maximum Gasteiger partial charge on any atom is 0.408 e. The third-order valence-electron chi connectivity index (χ3n) is 3.11. The van der Waals surface area contributed by atoms with Crippen LogP contribution in [0, 0.1) is 0 Å². The largest absolute Gasteiger partial charge is 0.479 e. The smallest absolute Gasteiger partial charge is 0.408 e. The lowest BCUT2D eigenvalue weighted by Crippen LogP contribution is -2.65. The third-order valence-corrected chi connectivity index (χ3v) is 3.11. The van der Waals surface area contributed by atoms with Gasteiger partial charge in [0.05, 0.1) is 5.60 Å². The predicted octanol–water partition coefficient (Wildman–Crippen LogP) is 0.247. The fourth-order valence-electron chi connectivity index (χ4n) is 2.42. The zero-order chi connectivity index (χ0) is 16.4. The summed E-state index contributed by atoms with van der Waals surface area (Å²) in [4.78, 5) is 38.2. The molecule has 1 fully saturated rings. The summed E-state index contributed by atoms with van der Waals surface area (Å²) in [5, 5.41) is 18.7. The SMILES string of the molecule is CC(C)(C)OC1CCN(C(=O)O)C1(C(=O)O)C(=O)C=[N+]=[N-]. The number of aliphatic carboxylic acids is 1. The molecule has 1 amide bonds. The molecule has 2 N–H and O–H groups in total. The lowest BCUT2D eigenvalue weighted by atomic mass is 9.88. The van der Waals surface area contributed by atoms with E-state index in [1.54, 1.807) is 20.8 Å². The molecule has 0 aromatic carbocycles. The highest BCUT2D eigenvalue weighted by Crippen LogP contribution is 2.35. The summed E-state index contributed by atoms with van der Waals surface area (Å²) in [6, 6.07) is 0. The van der Waals surface area contributed by atoms with Gasteiger partial charge in [-0.1, -0.05) is 0 Å². The van der Waals surface area contributed by atoms with E-state index in [1.807, 2.05) is 0 Å². The number of carboxylic acids is 1. The molecule has 0 spiro atoms. The van der Waals surface area contributed by atoms with Crippen LogP contribution in [0.4, 0.5) is 4.79 Å². The maximum absolute atomic E-state index is 12.1. The Balaban J connectivity index is 3.44. The van der Waals surface area contributed by atoms with Gasteiger partial charge in [0.25, 0.3) is 5.78 Å². The molecule has 1 aliphatic heterocycles. The van der Waals surface area contributed by atoms with Crippen molar-refractivity contribution < 1.29 is 34.1 Å². The number of carboxylic acid groups (broad SMARTS) is 2. The molecule has 0 aromatic heterocycles. The normalized spacial score (nSPS) is 25.3. The van der Waals surface area contributed by atoms with Crippen molar-refractivity contribution in [3.8, 4) is 0 Å². The van der Waals surface area contributed by atoms with E-state index >= 15 is 0 Å².